The summed E-state index contributed by atoms with van der Waals surface area (Å²) in [4.78, 5) is 35.4. The Morgan fingerprint density at radius 1 is 1.07 bits per heavy atom. The standard InChI is InChI=1S/C25H29N3O2/c1-4-27-14-8-11-19(27)15-26-16-22-20-12-5-6-13-21(20)24(29)28(25(22)30)23-17(2)9-7-10-18(23)3/h5-7,9-10,12-13,16,19,22H,4,8,11,14-15H2,1-3H3/t19-,22?/m1/s1. The summed E-state index contributed by atoms with van der Waals surface area (Å²) in [5.41, 5.74) is 3.84. The van der Waals surface area contributed by atoms with Crippen molar-refractivity contribution < 1.29 is 9.59 Å². The first-order chi connectivity index (χ1) is 14.5. The van der Waals surface area contributed by atoms with E-state index in [4.69, 9.17) is 4.99 Å². The van der Waals surface area contributed by atoms with Crippen LogP contribution in [0.3, 0.4) is 0 Å². The lowest BCUT2D eigenvalue weighted by atomic mass is 9.88. The van der Waals surface area contributed by atoms with Crippen LogP contribution in [0.1, 0.15) is 52.7 Å². The quantitative estimate of drug-likeness (QED) is 0.557. The van der Waals surface area contributed by atoms with Crippen LogP contribution in [0.15, 0.2) is 47.5 Å². The van der Waals surface area contributed by atoms with E-state index in [0.717, 1.165) is 36.2 Å². The smallest absolute Gasteiger partial charge is 0.265 e. The Bertz CT molecular complexity index is 977. The summed E-state index contributed by atoms with van der Waals surface area (Å²) in [7, 11) is 0. The highest BCUT2D eigenvalue weighted by atomic mass is 16.2. The average molecular weight is 404 g/mol. The predicted octanol–water partition coefficient (Wildman–Crippen LogP) is 4.13. The van der Waals surface area contributed by atoms with E-state index in [2.05, 4.69) is 11.8 Å². The van der Waals surface area contributed by atoms with Crippen molar-refractivity contribution >= 4 is 23.7 Å². The highest BCUT2D eigenvalue weighted by Crippen LogP contribution is 2.35. The molecule has 0 spiro atoms. The number of carbonyl (C=O) groups excluding carboxylic acids is 2. The Kier molecular flexibility index (Phi) is 5.82. The number of imide groups is 1. The number of aryl methyl sites for hydroxylation is 2. The second-order valence-electron chi connectivity index (χ2n) is 8.22. The van der Waals surface area contributed by atoms with Gasteiger partial charge in [0.05, 0.1) is 18.2 Å². The summed E-state index contributed by atoms with van der Waals surface area (Å²) >= 11 is 0. The zero-order valence-electron chi connectivity index (χ0n) is 18.0. The van der Waals surface area contributed by atoms with Gasteiger partial charge in [-0.15, -0.1) is 0 Å². The third-order valence-electron chi connectivity index (χ3n) is 6.35. The van der Waals surface area contributed by atoms with Crippen LogP contribution in [0, 0.1) is 13.8 Å². The third kappa shape index (κ3) is 3.58. The minimum absolute atomic E-state index is 0.224. The zero-order chi connectivity index (χ0) is 21.3. The normalized spacial score (nSPS) is 22.2. The first-order valence-corrected chi connectivity index (χ1v) is 10.8. The van der Waals surface area contributed by atoms with Crippen molar-refractivity contribution in [2.75, 3.05) is 24.5 Å². The van der Waals surface area contributed by atoms with E-state index in [1.165, 1.54) is 11.3 Å². The van der Waals surface area contributed by atoms with Gasteiger partial charge in [-0.05, 0) is 62.5 Å². The van der Waals surface area contributed by atoms with Crippen molar-refractivity contribution in [3.63, 3.8) is 0 Å². The van der Waals surface area contributed by atoms with Crippen molar-refractivity contribution in [3.8, 4) is 0 Å². The van der Waals surface area contributed by atoms with Gasteiger partial charge in [0.25, 0.3) is 5.91 Å². The van der Waals surface area contributed by atoms with E-state index < -0.39 is 5.92 Å². The number of carbonyl (C=O) groups is 2. The molecular weight excluding hydrogens is 374 g/mol. The molecule has 2 aliphatic rings. The molecule has 0 bridgehead atoms. The molecule has 5 nitrogen and oxygen atoms in total. The van der Waals surface area contributed by atoms with Gasteiger partial charge in [0.15, 0.2) is 0 Å². The van der Waals surface area contributed by atoms with Crippen LogP contribution in [0.4, 0.5) is 5.69 Å². The molecule has 0 aromatic heterocycles. The number of rotatable bonds is 5. The lowest BCUT2D eigenvalue weighted by Gasteiger charge is -2.32. The fourth-order valence-electron chi connectivity index (χ4n) is 4.78. The van der Waals surface area contributed by atoms with Crippen LogP contribution in [0.25, 0.3) is 0 Å². The molecule has 2 heterocycles. The Morgan fingerprint density at radius 2 is 1.80 bits per heavy atom. The van der Waals surface area contributed by atoms with E-state index in [0.29, 0.717) is 23.8 Å². The molecule has 1 fully saturated rings. The molecule has 2 aromatic carbocycles. The number of anilines is 1. The Labute approximate surface area is 178 Å². The number of amides is 2. The minimum Gasteiger partial charge on any atom is -0.299 e. The number of hydrogen-bond donors (Lipinski definition) is 0. The number of para-hydroxylation sites is 1. The van der Waals surface area contributed by atoms with E-state index in [-0.39, 0.29) is 11.8 Å². The molecule has 5 heteroatoms. The van der Waals surface area contributed by atoms with Crippen molar-refractivity contribution in [2.24, 2.45) is 4.99 Å². The molecule has 0 radical (unpaired) electrons. The van der Waals surface area contributed by atoms with Gasteiger partial charge in [0.2, 0.25) is 5.91 Å². The fraction of sp³-hybridized carbons (Fsp3) is 0.400. The third-order valence-corrected chi connectivity index (χ3v) is 6.35. The number of likely N-dealkylation sites (tertiary alicyclic amines) is 1. The molecule has 156 valence electrons. The Hall–Kier alpha value is -2.79. The number of nitrogens with zero attached hydrogens (tertiary/aromatic N) is 3. The summed E-state index contributed by atoms with van der Waals surface area (Å²) in [6, 6.07) is 13.7. The Morgan fingerprint density at radius 3 is 2.53 bits per heavy atom. The lowest BCUT2D eigenvalue weighted by molar-refractivity contribution is -0.118. The second kappa shape index (κ2) is 8.52. The largest absolute Gasteiger partial charge is 0.299 e. The molecule has 2 aliphatic heterocycles. The number of fused-ring (bicyclic) bond motifs is 1. The zero-order valence-corrected chi connectivity index (χ0v) is 18.0. The Balaban J connectivity index is 1.69. The highest BCUT2D eigenvalue weighted by Gasteiger charge is 2.39. The molecule has 4 rings (SSSR count). The van der Waals surface area contributed by atoms with Crippen LogP contribution < -0.4 is 4.90 Å². The van der Waals surface area contributed by atoms with E-state index in [1.54, 1.807) is 12.3 Å². The molecule has 30 heavy (non-hydrogen) atoms. The number of aliphatic imine (C=N–C) groups is 1. The van der Waals surface area contributed by atoms with Crippen LogP contribution in [0.2, 0.25) is 0 Å². The summed E-state index contributed by atoms with van der Waals surface area (Å²) in [6.45, 7) is 8.89. The van der Waals surface area contributed by atoms with Gasteiger partial charge in [-0.25, -0.2) is 4.90 Å². The first-order valence-electron chi connectivity index (χ1n) is 10.8. The molecule has 0 N–H and O–H groups in total. The monoisotopic (exact) mass is 403 g/mol. The van der Waals surface area contributed by atoms with E-state index in [1.807, 2.05) is 50.2 Å². The molecule has 0 aliphatic carbocycles. The van der Waals surface area contributed by atoms with E-state index >= 15 is 0 Å². The molecular formula is C25H29N3O2. The number of likely N-dealkylation sites (N-methyl/N-ethyl adjacent to an activating group) is 1. The maximum atomic E-state index is 13.6. The second-order valence-corrected chi connectivity index (χ2v) is 8.22. The summed E-state index contributed by atoms with van der Waals surface area (Å²) < 4.78 is 0. The van der Waals surface area contributed by atoms with Gasteiger partial charge in [0, 0.05) is 17.8 Å². The van der Waals surface area contributed by atoms with Crippen molar-refractivity contribution in [2.45, 2.75) is 45.6 Å². The summed E-state index contributed by atoms with van der Waals surface area (Å²) in [6.07, 6.45) is 4.11. The molecule has 2 aromatic rings. The van der Waals surface area contributed by atoms with Gasteiger partial charge >= 0.3 is 0 Å². The van der Waals surface area contributed by atoms with Crippen molar-refractivity contribution in [1.29, 1.82) is 0 Å². The van der Waals surface area contributed by atoms with Gasteiger partial charge in [0.1, 0.15) is 0 Å². The number of hydrogen-bond acceptors (Lipinski definition) is 4. The van der Waals surface area contributed by atoms with Crippen molar-refractivity contribution in [3.05, 3.63) is 64.7 Å². The van der Waals surface area contributed by atoms with Gasteiger partial charge < -0.3 is 0 Å². The van der Waals surface area contributed by atoms with Crippen LogP contribution in [-0.4, -0.2) is 48.6 Å². The van der Waals surface area contributed by atoms with Crippen LogP contribution >= 0.6 is 0 Å². The van der Waals surface area contributed by atoms with Gasteiger partial charge in [-0.1, -0.05) is 43.3 Å². The van der Waals surface area contributed by atoms with Crippen LogP contribution in [-0.2, 0) is 4.79 Å². The minimum atomic E-state index is -0.547. The molecule has 1 saturated heterocycles. The summed E-state index contributed by atoms with van der Waals surface area (Å²) in [5, 5.41) is 0. The molecule has 1 unspecified atom stereocenters. The maximum Gasteiger partial charge on any atom is 0.265 e. The maximum absolute atomic E-state index is 13.6. The van der Waals surface area contributed by atoms with Gasteiger partial charge in [-0.3, -0.25) is 19.5 Å². The topological polar surface area (TPSA) is 53.0 Å². The SMILES string of the molecule is CCN1CCC[C@@H]1CN=CC1C(=O)N(c2c(C)cccc2C)C(=O)c2ccccc21. The average Bonchev–Trinajstić information content (AvgIpc) is 3.20. The molecule has 0 saturated carbocycles. The predicted molar refractivity (Wildman–Crippen MR) is 121 cm³/mol. The van der Waals surface area contributed by atoms with Gasteiger partial charge in [-0.2, -0.15) is 0 Å². The fourth-order valence-corrected chi connectivity index (χ4v) is 4.78. The number of benzene rings is 2. The van der Waals surface area contributed by atoms with Crippen molar-refractivity contribution in [1.82, 2.24) is 4.90 Å². The summed E-state index contributed by atoms with van der Waals surface area (Å²) in [5.74, 6) is -1.03. The van der Waals surface area contributed by atoms with Crippen LogP contribution in [0.5, 0.6) is 0 Å². The highest BCUT2D eigenvalue weighted by molar-refractivity contribution is 6.29. The van der Waals surface area contributed by atoms with E-state index in [9.17, 15) is 9.59 Å². The molecule has 2 atom stereocenters. The molecule has 2 amide bonds. The first kappa shape index (κ1) is 20.5. The lowest BCUT2D eigenvalue weighted by Crippen LogP contribution is -2.46.